The van der Waals surface area contributed by atoms with Crippen LogP contribution in [0.15, 0.2) is 42.7 Å². The number of nitrogens with one attached hydrogen (secondary N) is 1. The van der Waals surface area contributed by atoms with Gasteiger partial charge in [0.2, 0.25) is 0 Å². The molecule has 6 nitrogen and oxygen atoms in total. The Balaban J connectivity index is 0.00000192. The normalized spacial score (nSPS) is 16.4. The van der Waals surface area contributed by atoms with Crippen molar-refractivity contribution in [3.05, 3.63) is 53.9 Å². The van der Waals surface area contributed by atoms with Crippen LogP contribution in [0, 0.1) is 0 Å². The first kappa shape index (κ1) is 17.1. The van der Waals surface area contributed by atoms with E-state index in [-0.39, 0.29) is 19.5 Å². The first-order valence-corrected chi connectivity index (χ1v) is 7.06. The molecule has 0 aliphatic carbocycles. The zero-order chi connectivity index (χ0) is 15.5. The monoisotopic (exact) mass is 333 g/mol. The summed E-state index contributed by atoms with van der Waals surface area (Å²) in [5.41, 5.74) is 4.08. The fourth-order valence-corrected chi connectivity index (χ4v) is 2.55. The van der Waals surface area contributed by atoms with Crippen molar-refractivity contribution in [2.45, 2.75) is 19.5 Å². The van der Waals surface area contributed by atoms with Crippen molar-refractivity contribution in [2.75, 3.05) is 11.5 Å². The molecule has 0 radical (unpaired) electrons. The third kappa shape index (κ3) is 3.57. The van der Waals surface area contributed by atoms with Gasteiger partial charge in [-0.15, -0.1) is 0 Å². The summed E-state index contributed by atoms with van der Waals surface area (Å²) in [6.45, 7) is 3.29. The third-order valence-corrected chi connectivity index (χ3v) is 3.78. The summed E-state index contributed by atoms with van der Waals surface area (Å²) in [4.78, 5) is 17.8. The molecular weight excluding hydrogens is 314 g/mol. The zero-order valence-electron chi connectivity index (χ0n) is 12.7. The minimum atomic E-state index is -0.547. The highest BCUT2D eigenvalue weighted by molar-refractivity contribution is 7.59. The van der Waals surface area contributed by atoms with Crippen LogP contribution in [-0.4, -0.2) is 28.7 Å². The summed E-state index contributed by atoms with van der Waals surface area (Å²) in [5, 5.41) is 8.73. The molecule has 7 heteroatoms. The molecule has 0 fully saturated rings. The third-order valence-electron chi connectivity index (χ3n) is 3.78. The summed E-state index contributed by atoms with van der Waals surface area (Å²) in [6.07, 6.45) is 3.53. The van der Waals surface area contributed by atoms with Crippen LogP contribution >= 0.6 is 13.5 Å². The molecular formula is C16H19N3O3S. The molecule has 0 saturated carbocycles. The molecule has 2 N–H and O–H groups in total. The van der Waals surface area contributed by atoms with Crippen LogP contribution in [0.4, 0.5) is 5.69 Å². The highest BCUT2D eigenvalue weighted by Crippen LogP contribution is 2.29. The van der Waals surface area contributed by atoms with Gasteiger partial charge in [-0.05, 0) is 31.2 Å². The van der Waals surface area contributed by atoms with Crippen LogP contribution in [-0.2, 0) is 6.54 Å². The second-order valence-corrected chi connectivity index (χ2v) is 5.26. The number of pyridine rings is 1. The van der Waals surface area contributed by atoms with Gasteiger partial charge in [0.05, 0.1) is 6.04 Å². The molecule has 0 spiro atoms. The lowest BCUT2D eigenvalue weighted by molar-refractivity contribution is 0.0706. The quantitative estimate of drug-likeness (QED) is 0.650. The van der Waals surface area contributed by atoms with Gasteiger partial charge in [-0.3, -0.25) is 15.0 Å². The van der Waals surface area contributed by atoms with E-state index in [1.165, 1.54) is 0 Å². The number of hydrogen-bond acceptors (Lipinski definition) is 5. The molecule has 3 rings (SSSR count). The predicted molar refractivity (Wildman–Crippen MR) is 91.5 cm³/mol. The zero-order valence-corrected chi connectivity index (χ0v) is 13.7. The van der Waals surface area contributed by atoms with Crippen LogP contribution in [0.2, 0.25) is 0 Å². The molecule has 1 aliphatic rings. The highest BCUT2D eigenvalue weighted by Gasteiger charge is 2.22. The topological polar surface area (TPSA) is 74.7 Å². The van der Waals surface area contributed by atoms with Gasteiger partial charge < -0.3 is 9.64 Å². The number of rotatable bonds is 2. The van der Waals surface area contributed by atoms with Gasteiger partial charge in [-0.1, -0.05) is 6.07 Å². The molecule has 23 heavy (non-hydrogen) atoms. The smallest absolute Gasteiger partial charge is 0.274 e. The second kappa shape index (κ2) is 7.34. The molecule has 122 valence electrons. The van der Waals surface area contributed by atoms with Crippen molar-refractivity contribution in [1.82, 2.24) is 10.5 Å². The number of hydrogen-bond donors (Lipinski definition) is 2. The van der Waals surface area contributed by atoms with Gasteiger partial charge in [0.15, 0.2) is 0 Å². The standard InChI is InChI=1S/C16H17N3O3.H2S/c1-11-10-22-15-8-12(16(20)18-21)2-3-13(15)9-19(11)14-4-6-17-7-5-14;/h2-8,11,21H,9-10H2,1H3,(H,18,20);1H2/t11-;/m0./s1. The van der Waals surface area contributed by atoms with E-state index in [0.29, 0.717) is 24.5 Å². The Morgan fingerprint density at radius 2 is 2.09 bits per heavy atom. The second-order valence-electron chi connectivity index (χ2n) is 5.26. The Labute approximate surface area is 141 Å². The molecule has 0 unspecified atom stereocenters. The number of carbonyl (C=O) groups excluding carboxylic acids is 1. The number of anilines is 1. The predicted octanol–water partition coefficient (Wildman–Crippen LogP) is 2.10. The Morgan fingerprint density at radius 3 is 2.78 bits per heavy atom. The number of amides is 1. The van der Waals surface area contributed by atoms with Crippen molar-refractivity contribution in [2.24, 2.45) is 0 Å². The SMILES string of the molecule is C[C@H]1COc2cc(C(=O)NO)ccc2CN1c1ccncc1.S. The summed E-state index contributed by atoms with van der Waals surface area (Å²) in [6, 6.07) is 9.30. The molecule has 1 amide bonds. The summed E-state index contributed by atoms with van der Waals surface area (Å²) >= 11 is 0. The number of hydroxylamine groups is 1. The van der Waals surface area contributed by atoms with Crippen molar-refractivity contribution >= 4 is 25.1 Å². The van der Waals surface area contributed by atoms with E-state index in [9.17, 15) is 4.79 Å². The number of ether oxygens (including phenoxy) is 1. The fourth-order valence-electron chi connectivity index (χ4n) is 2.55. The minimum Gasteiger partial charge on any atom is -0.491 e. The van der Waals surface area contributed by atoms with Gasteiger partial charge in [-0.2, -0.15) is 13.5 Å². The Kier molecular flexibility index (Phi) is 5.46. The lowest BCUT2D eigenvalue weighted by Crippen LogP contribution is -2.34. The maximum Gasteiger partial charge on any atom is 0.274 e. The Hall–Kier alpha value is -2.25. The summed E-state index contributed by atoms with van der Waals surface area (Å²) < 4.78 is 5.83. The first-order chi connectivity index (χ1) is 10.7. The highest BCUT2D eigenvalue weighted by atomic mass is 32.1. The average Bonchev–Trinajstić information content (AvgIpc) is 2.74. The van der Waals surface area contributed by atoms with E-state index < -0.39 is 5.91 Å². The van der Waals surface area contributed by atoms with Crippen LogP contribution in [0.1, 0.15) is 22.8 Å². The van der Waals surface area contributed by atoms with Crippen molar-refractivity contribution < 1.29 is 14.7 Å². The van der Waals surface area contributed by atoms with Crippen molar-refractivity contribution in [1.29, 1.82) is 0 Å². The molecule has 2 aromatic rings. The molecule has 0 saturated heterocycles. The maximum atomic E-state index is 11.5. The molecule has 1 aromatic heterocycles. The van der Waals surface area contributed by atoms with E-state index in [1.54, 1.807) is 30.0 Å². The van der Waals surface area contributed by atoms with Gasteiger partial charge >= 0.3 is 0 Å². The minimum absolute atomic E-state index is 0. The van der Waals surface area contributed by atoms with Crippen LogP contribution in [0.3, 0.4) is 0 Å². The molecule has 1 atom stereocenters. The number of benzene rings is 1. The largest absolute Gasteiger partial charge is 0.491 e. The van der Waals surface area contributed by atoms with Gasteiger partial charge in [0, 0.05) is 35.8 Å². The van der Waals surface area contributed by atoms with E-state index in [2.05, 4.69) is 16.8 Å². The molecule has 0 bridgehead atoms. The first-order valence-electron chi connectivity index (χ1n) is 7.06. The summed E-state index contributed by atoms with van der Waals surface area (Å²) in [5.74, 6) is 0.124. The van der Waals surface area contributed by atoms with E-state index in [0.717, 1.165) is 11.3 Å². The van der Waals surface area contributed by atoms with Gasteiger partial charge in [-0.25, -0.2) is 5.48 Å². The number of aromatic nitrogens is 1. The number of fused-ring (bicyclic) bond motifs is 1. The van der Waals surface area contributed by atoms with Gasteiger partial charge in [0.1, 0.15) is 12.4 Å². The lowest BCUT2D eigenvalue weighted by atomic mass is 10.1. The molecule has 2 heterocycles. The maximum absolute atomic E-state index is 11.5. The number of carbonyl (C=O) groups is 1. The Morgan fingerprint density at radius 1 is 1.35 bits per heavy atom. The van der Waals surface area contributed by atoms with E-state index >= 15 is 0 Å². The lowest BCUT2D eigenvalue weighted by Gasteiger charge is -2.28. The van der Waals surface area contributed by atoms with Crippen molar-refractivity contribution in [3.63, 3.8) is 0 Å². The van der Waals surface area contributed by atoms with Crippen molar-refractivity contribution in [3.8, 4) is 5.75 Å². The van der Waals surface area contributed by atoms with Crippen LogP contribution < -0.4 is 15.1 Å². The van der Waals surface area contributed by atoms with E-state index in [1.807, 2.05) is 18.2 Å². The Bertz CT molecular complexity index is 682. The average molecular weight is 333 g/mol. The number of nitrogens with zero attached hydrogens (tertiary/aromatic N) is 2. The van der Waals surface area contributed by atoms with E-state index in [4.69, 9.17) is 9.94 Å². The summed E-state index contributed by atoms with van der Waals surface area (Å²) in [7, 11) is 0. The van der Waals surface area contributed by atoms with Crippen LogP contribution in [0.25, 0.3) is 0 Å². The van der Waals surface area contributed by atoms with Gasteiger partial charge in [0.25, 0.3) is 5.91 Å². The molecule has 1 aromatic carbocycles. The van der Waals surface area contributed by atoms with Crippen LogP contribution in [0.5, 0.6) is 5.75 Å². The molecule has 1 aliphatic heterocycles. The fraction of sp³-hybridized carbons (Fsp3) is 0.250.